The van der Waals surface area contributed by atoms with Crippen LogP contribution in [0.25, 0.3) is 0 Å². The summed E-state index contributed by atoms with van der Waals surface area (Å²) in [5.74, 6) is 1.58. The number of carbonyl (C=O) groups is 1. The Morgan fingerprint density at radius 2 is 1.73 bits per heavy atom. The molecule has 0 spiro atoms. The fourth-order valence-corrected chi connectivity index (χ4v) is 1.86. The predicted octanol–water partition coefficient (Wildman–Crippen LogP) is 3.49. The van der Waals surface area contributed by atoms with E-state index in [-0.39, 0.29) is 5.91 Å². The zero-order valence-corrected chi connectivity index (χ0v) is 10.6. The molecule has 1 aliphatic carbocycles. The molecule has 90 valence electrons. The van der Waals surface area contributed by atoms with E-state index >= 15 is 0 Å². The molecule has 0 atom stereocenters. The third kappa shape index (κ3) is 11.4. The summed E-state index contributed by atoms with van der Waals surface area (Å²) in [5, 5.41) is 0. The topological polar surface area (TPSA) is 43.1 Å². The largest absolute Gasteiger partial charge is 0.370 e. The Kier molecular flexibility index (Phi) is 8.44. The summed E-state index contributed by atoms with van der Waals surface area (Å²) in [6, 6.07) is 0. The van der Waals surface area contributed by atoms with Gasteiger partial charge in [-0.15, -0.1) is 0 Å². The van der Waals surface area contributed by atoms with Crippen LogP contribution in [0.15, 0.2) is 0 Å². The van der Waals surface area contributed by atoms with Crippen molar-refractivity contribution < 1.29 is 4.79 Å². The average molecular weight is 213 g/mol. The van der Waals surface area contributed by atoms with Crippen molar-refractivity contribution in [2.24, 2.45) is 17.6 Å². The average Bonchev–Trinajstić information content (AvgIpc) is 2.54. The van der Waals surface area contributed by atoms with Gasteiger partial charge in [-0.3, -0.25) is 4.79 Å². The number of carbonyl (C=O) groups excluding carboxylic acids is 1. The van der Waals surface area contributed by atoms with Crippen molar-refractivity contribution in [3.05, 3.63) is 0 Å². The fraction of sp³-hybridized carbons (Fsp3) is 0.923. The van der Waals surface area contributed by atoms with Crippen LogP contribution in [0.3, 0.4) is 0 Å². The lowest BCUT2D eigenvalue weighted by Crippen LogP contribution is -2.10. The SMILES string of the molecule is CC(C)C.NC(=O)CCCC1CCCC1. The summed E-state index contributed by atoms with van der Waals surface area (Å²) in [6.45, 7) is 6.50. The van der Waals surface area contributed by atoms with E-state index in [4.69, 9.17) is 5.73 Å². The number of amides is 1. The Balaban J connectivity index is 0.000000423. The van der Waals surface area contributed by atoms with E-state index in [1.807, 2.05) is 0 Å². The Labute approximate surface area is 94.6 Å². The predicted molar refractivity (Wildman–Crippen MR) is 65.5 cm³/mol. The van der Waals surface area contributed by atoms with Gasteiger partial charge in [-0.2, -0.15) is 0 Å². The fourth-order valence-electron chi connectivity index (χ4n) is 1.86. The summed E-state index contributed by atoms with van der Waals surface area (Å²) in [4.78, 5) is 10.4. The van der Waals surface area contributed by atoms with E-state index in [0.717, 1.165) is 18.3 Å². The van der Waals surface area contributed by atoms with Gasteiger partial charge in [0, 0.05) is 6.42 Å². The molecule has 1 rings (SSSR count). The lowest BCUT2D eigenvalue weighted by Gasteiger charge is -2.05. The van der Waals surface area contributed by atoms with E-state index < -0.39 is 0 Å². The quantitative estimate of drug-likeness (QED) is 0.763. The van der Waals surface area contributed by atoms with E-state index in [1.165, 1.54) is 32.1 Å². The number of nitrogens with two attached hydrogens (primary N) is 1. The van der Waals surface area contributed by atoms with Crippen LogP contribution in [0, 0.1) is 11.8 Å². The van der Waals surface area contributed by atoms with E-state index in [1.54, 1.807) is 0 Å². The maximum absolute atomic E-state index is 10.4. The van der Waals surface area contributed by atoms with Gasteiger partial charge in [-0.05, 0) is 24.7 Å². The Morgan fingerprint density at radius 3 is 2.13 bits per heavy atom. The molecule has 0 aromatic heterocycles. The molecule has 0 saturated heterocycles. The molecule has 15 heavy (non-hydrogen) atoms. The van der Waals surface area contributed by atoms with Crippen molar-refractivity contribution in [3.8, 4) is 0 Å². The highest BCUT2D eigenvalue weighted by Gasteiger charge is 2.14. The first-order chi connectivity index (χ1) is 7.02. The molecule has 2 N–H and O–H groups in total. The van der Waals surface area contributed by atoms with Gasteiger partial charge in [0.25, 0.3) is 0 Å². The molecule has 2 nitrogen and oxygen atoms in total. The van der Waals surface area contributed by atoms with Crippen molar-refractivity contribution >= 4 is 5.91 Å². The molecular weight excluding hydrogens is 186 g/mol. The molecule has 0 aromatic rings. The highest BCUT2D eigenvalue weighted by atomic mass is 16.1. The van der Waals surface area contributed by atoms with Gasteiger partial charge in [0.2, 0.25) is 5.91 Å². The minimum Gasteiger partial charge on any atom is -0.370 e. The normalized spacial score (nSPS) is 16.3. The number of rotatable bonds is 4. The minimum absolute atomic E-state index is 0.150. The van der Waals surface area contributed by atoms with Crippen LogP contribution in [-0.2, 0) is 4.79 Å². The second-order valence-electron chi connectivity index (χ2n) is 5.24. The third-order valence-electron chi connectivity index (χ3n) is 2.51. The van der Waals surface area contributed by atoms with Crippen molar-refractivity contribution in [1.29, 1.82) is 0 Å². The molecule has 1 fully saturated rings. The smallest absolute Gasteiger partial charge is 0.217 e. The maximum Gasteiger partial charge on any atom is 0.217 e. The summed E-state index contributed by atoms with van der Waals surface area (Å²) < 4.78 is 0. The molecule has 1 saturated carbocycles. The first-order valence-corrected chi connectivity index (χ1v) is 6.30. The van der Waals surface area contributed by atoms with Gasteiger partial charge in [-0.1, -0.05) is 46.5 Å². The van der Waals surface area contributed by atoms with Crippen LogP contribution in [0.4, 0.5) is 0 Å². The zero-order valence-electron chi connectivity index (χ0n) is 10.6. The number of hydrogen-bond acceptors (Lipinski definition) is 1. The molecule has 0 heterocycles. The van der Waals surface area contributed by atoms with Gasteiger partial charge in [0.1, 0.15) is 0 Å². The van der Waals surface area contributed by atoms with Gasteiger partial charge in [0.15, 0.2) is 0 Å². The van der Waals surface area contributed by atoms with Gasteiger partial charge >= 0.3 is 0 Å². The molecule has 1 amide bonds. The molecular formula is C13H27NO. The monoisotopic (exact) mass is 213 g/mol. The molecule has 0 unspecified atom stereocenters. The summed E-state index contributed by atoms with van der Waals surface area (Å²) in [7, 11) is 0. The highest BCUT2D eigenvalue weighted by molar-refractivity contribution is 5.73. The van der Waals surface area contributed by atoms with Crippen LogP contribution in [0.2, 0.25) is 0 Å². The van der Waals surface area contributed by atoms with Crippen molar-refractivity contribution in [3.63, 3.8) is 0 Å². The zero-order chi connectivity index (χ0) is 11.7. The summed E-state index contributed by atoms with van der Waals surface area (Å²) in [6.07, 6.45) is 8.32. The molecule has 1 aliphatic rings. The van der Waals surface area contributed by atoms with Crippen LogP contribution in [-0.4, -0.2) is 5.91 Å². The van der Waals surface area contributed by atoms with Crippen LogP contribution >= 0.6 is 0 Å². The van der Waals surface area contributed by atoms with E-state index in [0.29, 0.717) is 6.42 Å². The third-order valence-corrected chi connectivity index (χ3v) is 2.51. The van der Waals surface area contributed by atoms with Crippen LogP contribution < -0.4 is 5.73 Å². The minimum atomic E-state index is -0.150. The standard InChI is InChI=1S/C9H17NO.C4H10/c10-9(11)7-3-6-8-4-1-2-5-8;1-4(2)3/h8H,1-7H2,(H2,10,11);4H,1-3H3. The Bertz CT molecular complexity index is 157. The number of primary amides is 1. The van der Waals surface area contributed by atoms with Gasteiger partial charge < -0.3 is 5.73 Å². The van der Waals surface area contributed by atoms with Gasteiger partial charge in [-0.25, -0.2) is 0 Å². The summed E-state index contributed by atoms with van der Waals surface area (Å²) in [5.41, 5.74) is 5.04. The van der Waals surface area contributed by atoms with E-state index in [9.17, 15) is 4.79 Å². The molecule has 2 heteroatoms. The molecule has 0 aromatic carbocycles. The lowest BCUT2D eigenvalue weighted by atomic mass is 10.0. The van der Waals surface area contributed by atoms with Gasteiger partial charge in [0.05, 0.1) is 0 Å². The van der Waals surface area contributed by atoms with E-state index in [2.05, 4.69) is 20.8 Å². The second-order valence-corrected chi connectivity index (χ2v) is 5.24. The van der Waals surface area contributed by atoms with Crippen molar-refractivity contribution in [2.45, 2.75) is 65.7 Å². The summed E-state index contributed by atoms with van der Waals surface area (Å²) >= 11 is 0. The molecule has 0 radical (unpaired) electrons. The first-order valence-electron chi connectivity index (χ1n) is 6.30. The van der Waals surface area contributed by atoms with Crippen molar-refractivity contribution in [1.82, 2.24) is 0 Å². The first kappa shape index (κ1) is 14.5. The molecule has 0 bridgehead atoms. The number of hydrogen-bond donors (Lipinski definition) is 1. The van der Waals surface area contributed by atoms with Crippen molar-refractivity contribution in [2.75, 3.05) is 0 Å². The maximum atomic E-state index is 10.4. The highest BCUT2D eigenvalue weighted by Crippen LogP contribution is 2.28. The Hall–Kier alpha value is -0.530. The second kappa shape index (κ2) is 8.75. The van der Waals surface area contributed by atoms with Crippen LogP contribution in [0.5, 0.6) is 0 Å². The molecule has 0 aliphatic heterocycles. The Morgan fingerprint density at radius 1 is 1.27 bits per heavy atom. The lowest BCUT2D eigenvalue weighted by molar-refractivity contribution is -0.118. The van der Waals surface area contributed by atoms with Crippen LogP contribution in [0.1, 0.15) is 65.7 Å².